The van der Waals surface area contributed by atoms with Gasteiger partial charge in [-0.3, -0.25) is 4.90 Å². The van der Waals surface area contributed by atoms with Crippen LogP contribution in [0.5, 0.6) is 11.5 Å². The zero-order chi connectivity index (χ0) is 17.3. The second-order valence-electron chi connectivity index (χ2n) is 9.93. The molecule has 4 nitrogen and oxygen atoms in total. The van der Waals surface area contributed by atoms with Crippen LogP contribution >= 0.6 is 0 Å². The Morgan fingerprint density at radius 3 is 2.96 bits per heavy atom. The lowest BCUT2D eigenvalue weighted by Gasteiger charge is -2.61. The molecule has 2 spiro atoms. The van der Waals surface area contributed by atoms with Crippen LogP contribution in [-0.4, -0.2) is 48.0 Å². The van der Waals surface area contributed by atoms with Crippen LogP contribution in [0.4, 0.5) is 0 Å². The number of hydrogen-bond acceptors (Lipinski definition) is 4. The second-order valence-corrected chi connectivity index (χ2v) is 9.93. The SMILES string of the molecule is COC12CCC3(C1)C1Cc4ccc(O)c5c4C3(CCN1CC1CC1)C2O5. The minimum absolute atomic E-state index is 0.0631. The highest BCUT2D eigenvalue weighted by atomic mass is 16.6. The first-order valence-corrected chi connectivity index (χ1v) is 10.4. The van der Waals surface area contributed by atoms with Crippen LogP contribution in [-0.2, 0) is 16.6 Å². The van der Waals surface area contributed by atoms with Gasteiger partial charge in [-0.25, -0.2) is 0 Å². The van der Waals surface area contributed by atoms with Crippen LogP contribution in [0, 0.1) is 11.3 Å². The number of fused-ring (bicyclic) bond motifs is 2. The molecule has 4 fully saturated rings. The molecule has 0 radical (unpaired) electrons. The Morgan fingerprint density at radius 2 is 2.15 bits per heavy atom. The number of methoxy groups -OCH3 is 1. The van der Waals surface area contributed by atoms with Gasteiger partial charge in [0, 0.05) is 36.1 Å². The van der Waals surface area contributed by atoms with Gasteiger partial charge in [-0.05, 0) is 69.0 Å². The minimum atomic E-state index is -0.166. The maximum absolute atomic E-state index is 10.6. The van der Waals surface area contributed by atoms with Crippen LogP contribution in [0.25, 0.3) is 0 Å². The van der Waals surface area contributed by atoms with Crippen molar-refractivity contribution in [2.75, 3.05) is 20.2 Å². The highest BCUT2D eigenvalue weighted by molar-refractivity contribution is 5.64. The van der Waals surface area contributed by atoms with Gasteiger partial charge < -0.3 is 14.6 Å². The molecule has 5 atom stereocenters. The van der Waals surface area contributed by atoms with Crippen LogP contribution in [0.1, 0.15) is 49.7 Å². The van der Waals surface area contributed by atoms with Crippen molar-refractivity contribution in [2.45, 2.75) is 68.1 Å². The molecular weight excluding hydrogens is 326 g/mol. The predicted octanol–water partition coefficient (Wildman–Crippen LogP) is 3.00. The zero-order valence-electron chi connectivity index (χ0n) is 15.5. The number of benzene rings is 1. The second kappa shape index (κ2) is 4.25. The van der Waals surface area contributed by atoms with Crippen molar-refractivity contribution in [2.24, 2.45) is 11.3 Å². The number of hydrogen-bond donors (Lipinski definition) is 1. The third kappa shape index (κ3) is 1.33. The number of rotatable bonds is 3. The third-order valence-corrected chi connectivity index (χ3v) is 9.21. The Bertz CT molecular complexity index is 835. The molecule has 1 N–H and O–H groups in total. The van der Waals surface area contributed by atoms with E-state index in [0.29, 0.717) is 11.8 Å². The van der Waals surface area contributed by atoms with Gasteiger partial charge in [0.2, 0.25) is 0 Å². The van der Waals surface area contributed by atoms with E-state index >= 15 is 0 Å². The number of phenols is 1. The van der Waals surface area contributed by atoms with E-state index < -0.39 is 0 Å². The standard InChI is InChI=1S/C22H27NO3/c1-25-21-7-6-20(12-21)16-10-14-4-5-15(24)18-17(14)22(20,19(21)26-18)8-9-23(16)11-13-2-3-13/h4-5,13,16,19,24H,2-3,6-12H2,1H3. The summed E-state index contributed by atoms with van der Waals surface area (Å²) >= 11 is 0. The molecule has 7 rings (SSSR count). The highest BCUT2D eigenvalue weighted by Crippen LogP contribution is 2.78. The minimum Gasteiger partial charge on any atom is -0.504 e. The summed E-state index contributed by atoms with van der Waals surface area (Å²) in [7, 11) is 1.88. The van der Waals surface area contributed by atoms with Crippen molar-refractivity contribution in [1.82, 2.24) is 4.90 Å². The van der Waals surface area contributed by atoms with Crippen molar-refractivity contribution in [3.63, 3.8) is 0 Å². The molecular formula is C22H27NO3. The smallest absolute Gasteiger partial charge is 0.165 e. The van der Waals surface area contributed by atoms with E-state index in [1.165, 1.54) is 43.5 Å². The number of piperidine rings is 1. The van der Waals surface area contributed by atoms with Crippen molar-refractivity contribution in [3.8, 4) is 11.5 Å². The molecule has 0 amide bonds. The van der Waals surface area contributed by atoms with E-state index in [1.807, 2.05) is 13.2 Å². The molecule has 0 aromatic heterocycles. The number of aromatic hydroxyl groups is 1. The predicted molar refractivity (Wildman–Crippen MR) is 96.6 cm³/mol. The summed E-state index contributed by atoms with van der Waals surface area (Å²) in [6, 6.07) is 4.64. The van der Waals surface area contributed by atoms with E-state index in [-0.39, 0.29) is 22.5 Å². The van der Waals surface area contributed by atoms with Crippen molar-refractivity contribution in [3.05, 3.63) is 23.3 Å². The molecule has 1 aromatic rings. The molecule has 4 bridgehead atoms. The summed E-state index contributed by atoms with van der Waals surface area (Å²) in [5.41, 5.74) is 2.96. The van der Waals surface area contributed by atoms with Crippen LogP contribution in [0.3, 0.4) is 0 Å². The quantitative estimate of drug-likeness (QED) is 0.907. The molecule has 1 aromatic carbocycles. The van der Waals surface area contributed by atoms with Crippen molar-refractivity contribution >= 4 is 0 Å². The molecule has 26 heavy (non-hydrogen) atoms. The Hall–Kier alpha value is -1.26. The third-order valence-electron chi connectivity index (χ3n) is 9.21. The average molecular weight is 353 g/mol. The van der Waals surface area contributed by atoms with Gasteiger partial charge in [0.15, 0.2) is 11.5 Å². The Kier molecular flexibility index (Phi) is 2.41. The average Bonchev–Trinajstić information content (AvgIpc) is 3.17. The van der Waals surface area contributed by atoms with Crippen molar-refractivity contribution in [1.29, 1.82) is 0 Å². The molecule has 1 saturated heterocycles. The van der Waals surface area contributed by atoms with Gasteiger partial charge in [0.1, 0.15) is 11.7 Å². The van der Waals surface area contributed by atoms with E-state index in [0.717, 1.165) is 37.4 Å². The first kappa shape index (κ1) is 14.8. The number of nitrogens with zero attached hydrogens (tertiary/aromatic N) is 1. The zero-order valence-corrected chi connectivity index (χ0v) is 15.5. The normalized spacial score (nSPS) is 47.1. The first-order chi connectivity index (χ1) is 12.6. The molecule has 5 unspecified atom stereocenters. The lowest BCUT2D eigenvalue weighted by Crippen LogP contribution is -2.68. The summed E-state index contributed by atoms with van der Waals surface area (Å²) in [6.07, 6.45) is 8.70. The lowest BCUT2D eigenvalue weighted by molar-refractivity contribution is -0.116. The largest absolute Gasteiger partial charge is 0.504 e. The molecule has 3 saturated carbocycles. The van der Waals surface area contributed by atoms with E-state index in [1.54, 1.807) is 0 Å². The summed E-state index contributed by atoms with van der Waals surface area (Å²) in [4.78, 5) is 2.84. The van der Waals surface area contributed by atoms with E-state index in [2.05, 4.69) is 11.0 Å². The molecule has 2 aliphatic heterocycles. The lowest BCUT2D eigenvalue weighted by atomic mass is 9.48. The summed E-state index contributed by atoms with van der Waals surface area (Å²) < 4.78 is 12.8. The highest BCUT2D eigenvalue weighted by Gasteiger charge is 2.82. The Balaban J connectivity index is 1.48. The van der Waals surface area contributed by atoms with Crippen LogP contribution in [0.15, 0.2) is 12.1 Å². The number of phenolic OH excluding ortho intramolecular Hbond substituents is 1. The van der Waals surface area contributed by atoms with Crippen LogP contribution in [0.2, 0.25) is 0 Å². The molecule has 2 heterocycles. The maximum atomic E-state index is 10.6. The fourth-order valence-corrected chi connectivity index (χ4v) is 8.13. The van der Waals surface area contributed by atoms with E-state index in [4.69, 9.17) is 9.47 Å². The number of likely N-dealkylation sites (tertiary alicyclic amines) is 1. The summed E-state index contributed by atoms with van der Waals surface area (Å²) in [5.74, 6) is 2.05. The van der Waals surface area contributed by atoms with Gasteiger partial charge in [-0.15, -0.1) is 0 Å². The molecule has 6 aliphatic rings. The van der Waals surface area contributed by atoms with Gasteiger partial charge in [0.05, 0.1) is 0 Å². The van der Waals surface area contributed by atoms with Gasteiger partial charge in [-0.1, -0.05) is 6.07 Å². The fourth-order valence-electron chi connectivity index (χ4n) is 8.13. The summed E-state index contributed by atoms with van der Waals surface area (Å²) in [6.45, 7) is 2.46. The topological polar surface area (TPSA) is 41.9 Å². The Morgan fingerprint density at radius 1 is 1.27 bits per heavy atom. The molecule has 138 valence electrons. The Labute approximate surface area is 154 Å². The number of ether oxygens (including phenoxy) is 2. The first-order valence-electron chi connectivity index (χ1n) is 10.4. The van der Waals surface area contributed by atoms with Crippen molar-refractivity contribution < 1.29 is 14.6 Å². The molecule has 4 heteroatoms. The molecule has 4 aliphatic carbocycles. The van der Waals surface area contributed by atoms with Gasteiger partial charge in [0.25, 0.3) is 0 Å². The van der Waals surface area contributed by atoms with E-state index in [9.17, 15) is 5.11 Å². The van der Waals surface area contributed by atoms with Crippen LogP contribution < -0.4 is 4.74 Å². The summed E-state index contributed by atoms with van der Waals surface area (Å²) in [5, 5.41) is 10.6. The fraction of sp³-hybridized carbons (Fsp3) is 0.727. The van der Waals surface area contributed by atoms with Gasteiger partial charge in [-0.2, -0.15) is 0 Å². The van der Waals surface area contributed by atoms with Gasteiger partial charge >= 0.3 is 0 Å². The maximum Gasteiger partial charge on any atom is 0.165 e. The monoisotopic (exact) mass is 353 g/mol.